The fourth-order valence-electron chi connectivity index (χ4n) is 3.83. The van der Waals surface area contributed by atoms with Gasteiger partial charge in [0.25, 0.3) is 0 Å². The fourth-order valence-corrected chi connectivity index (χ4v) is 3.83. The molecule has 1 saturated carbocycles. The molecule has 118 valence electrons. The number of hydrogen-bond acceptors (Lipinski definition) is 3. The van der Waals surface area contributed by atoms with Gasteiger partial charge in [0.2, 0.25) is 0 Å². The molecular formula is C18H31N3. The molecule has 2 N–H and O–H groups in total. The Morgan fingerprint density at radius 2 is 2.05 bits per heavy atom. The van der Waals surface area contributed by atoms with Crippen LogP contribution in [-0.2, 0) is 6.54 Å². The smallest absolute Gasteiger partial charge is 0.0332 e. The third-order valence-electron chi connectivity index (χ3n) is 5.33. The molecule has 2 atom stereocenters. The SMILES string of the molecule is CCCC1CCCC(CN)(N(C)Cc2ccncc2)CC1. The van der Waals surface area contributed by atoms with E-state index in [1.807, 2.05) is 12.4 Å². The van der Waals surface area contributed by atoms with Gasteiger partial charge in [0.05, 0.1) is 0 Å². The maximum absolute atomic E-state index is 6.23. The van der Waals surface area contributed by atoms with Gasteiger partial charge in [0.15, 0.2) is 0 Å². The lowest BCUT2D eigenvalue weighted by atomic mass is 9.87. The summed E-state index contributed by atoms with van der Waals surface area (Å²) in [4.78, 5) is 6.60. The van der Waals surface area contributed by atoms with Crippen molar-refractivity contribution in [2.75, 3.05) is 13.6 Å². The van der Waals surface area contributed by atoms with Crippen molar-refractivity contribution >= 4 is 0 Å². The molecule has 1 aliphatic rings. The molecule has 1 aromatic heterocycles. The summed E-state index contributed by atoms with van der Waals surface area (Å²) in [6.07, 6.45) is 13.0. The minimum atomic E-state index is 0.186. The first-order valence-electron chi connectivity index (χ1n) is 8.50. The Labute approximate surface area is 129 Å². The Morgan fingerprint density at radius 1 is 1.29 bits per heavy atom. The van der Waals surface area contributed by atoms with Crippen molar-refractivity contribution < 1.29 is 0 Å². The van der Waals surface area contributed by atoms with E-state index >= 15 is 0 Å². The molecule has 0 bridgehead atoms. The van der Waals surface area contributed by atoms with Crippen LogP contribution in [0.5, 0.6) is 0 Å². The van der Waals surface area contributed by atoms with E-state index < -0.39 is 0 Å². The predicted octanol–water partition coefficient (Wildman–Crippen LogP) is 3.59. The molecule has 0 radical (unpaired) electrons. The van der Waals surface area contributed by atoms with Gasteiger partial charge in [-0.05, 0) is 49.9 Å². The van der Waals surface area contributed by atoms with Crippen LogP contribution in [0.2, 0.25) is 0 Å². The highest BCUT2D eigenvalue weighted by atomic mass is 15.2. The number of nitrogens with zero attached hydrogens (tertiary/aromatic N) is 2. The van der Waals surface area contributed by atoms with Crippen LogP contribution in [0, 0.1) is 5.92 Å². The van der Waals surface area contributed by atoms with Crippen LogP contribution in [0.15, 0.2) is 24.5 Å². The highest BCUT2D eigenvalue weighted by Gasteiger charge is 2.35. The normalized spacial score (nSPS) is 26.8. The van der Waals surface area contributed by atoms with E-state index in [0.717, 1.165) is 19.0 Å². The first-order chi connectivity index (χ1) is 10.2. The standard InChI is InChI=1S/C18H31N3/c1-3-5-16-6-4-10-18(15-19,11-7-16)21(2)14-17-8-12-20-13-9-17/h8-9,12-13,16H,3-7,10-11,14-15,19H2,1-2H3. The largest absolute Gasteiger partial charge is 0.329 e. The van der Waals surface area contributed by atoms with E-state index in [-0.39, 0.29) is 5.54 Å². The first kappa shape index (κ1) is 16.4. The van der Waals surface area contributed by atoms with Crippen molar-refractivity contribution in [1.82, 2.24) is 9.88 Å². The average Bonchev–Trinajstić information content (AvgIpc) is 2.72. The Balaban J connectivity index is 2.02. The van der Waals surface area contributed by atoms with Crippen molar-refractivity contribution in [3.8, 4) is 0 Å². The Hall–Kier alpha value is -0.930. The second kappa shape index (κ2) is 7.90. The third kappa shape index (κ3) is 4.27. The molecule has 2 unspecified atom stereocenters. The summed E-state index contributed by atoms with van der Waals surface area (Å²) in [5.41, 5.74) is 7.74. The lowest BCUT2D eigenvalue weighted by Gasteiger charge is -2.41. The molecule has 3 nitrogen and oxygen atoms in total. The van der Waals surface area contributed by atoms with Crippen molar-refractivity contribution in [3.05, 3.63) is 30.1 Å². The van der Waals surface area contributed by atoms with E-state index in [2.05, 4.69) is 36.0 Å². The van der Waals surface area contributed by atoms with Crippen LogP contribution in [0.25, 0.3) is 0 Å². The van der Waals surface area contributed by atoms with Gasteiger partial charge < -0.3 is 5.73 Å². The molecular weight excluding hydrogens is 258 g/mol. The summed E-state index contributed by atoms with van der Waals surface area (Å²) >= 11 is 0. The van der Waals surface area contributed by atoms with Gasteiger partial charge in [-0.2, -0.15) is 0 Å². The molecule has 3 heteroatoms. The average molecular weight is 289 g/mol. The second-order valence-electron chi connectivity index (χ2n) is 6.73. The van der Waals surface area contributed by atoms with E-state index in [4.69, 9.17) is 5.73 Å². The van der Waals surface area contributed by atoms with Crippen LogP contribution in [0.3, 0.4) is 0 Å². The van der Waals surface area contributed by atoms with Gasteiger partial charge in [-0.3, -0.25) is 9.88 Å². The monoisotopic (exact) mass is 289 g/mol. The lowest BCUT2D eigenvalue weighted by molar-refractivity contribution is 0.0982. The summed E-state index contributed by atoms with van der Waals surface area (Å²) in [5, 5.41) is 0. The topological polar surface area (TPSA) is 42.1 Å². The minimum absolute atomic E-state index is 0.186. The quantitative estimate of drug-likeness (QED) is 0.814. The summed E-state index contributed by atoms with van der Waals surface area (Å²) in [5.74, 6) is 0.915. The third-order valence-corrected chi connectivity index (χ3v) is 5.33. The van der Waals surface area contributed by atoms with Crippen molar-refractivity contribution in [3.63, 3.8) is 0 Å². The molecule has 1 aliphatic carbocycles. The maximum Gasteiger partial charge on any atom is 0.0332 e. The molecule has 0 aliphatic heterocycles. The van der Waals surface area contributed by atoms with E-state index in [9.17, 15) is 0 Å². The Bertz CT molecular complexity index is 406. The van der Waals surface area contributed by atoms with Gasteiger partial charge >= 0.3 is 0 Å². The fraction of sp³-hybridized carbons (Fsp3) is 0.722. The van der Waals surface area contributed by atoms with E-state index in [0.29, 0.717) is 0 Å². The number of pyridine rings is 1. The molecule has 0 saturated heterocycles. The highest BCUT2D eigenvalue weighted by Crippen LogP contribution is 2.36. The molecule has 1 aromatic rings. The Morgan fingerprint density at radius 3 is 2.71 bits per heavy atom. The Kier molecular flexibility index (Phi) is 6.19. The van der Waals surface area contributed by atoms with Crippen LogP contribution < -0.4 is 5.73 Å². The zero-order valence-corrected chi connectivity index (χ0v) is 13.7. The summed E-state index contributed by atoms with van der Waals surface area (Å²) < 4.78 is 0. The zero-order chi connectivity index (χ0) is 15.1. The molecule has 21 heavy (non-hydrogen) atoms. The molecule has 2 rings (SSSR count). The van der Waals surface area contributed by atoms with Gasteiger partial charge in [0.1, 0.15) is 0 Å². The molecule has 0 amide bonds. The maximum atomic E-state index is 6.23. The molecule has 0 aromatic carbocycles. The van der Waals surface area contributed by atoms with Crippen molar-refractivity contribution in [2.45, 2.75) is 64.0 Å². The number of hydrogen-bond donors (Lipinski definition) is 1. The second-order valence-corrected chi connectivity index (χ2v) is 6.73. The van der Waals surface area contributed by atoms with Crippen LogP contribution >= 0.6 is 0 Å². The number of rotatable bonds is 6. The van der Waals surface area contributed by atoms with Gasteiger partial charge in [-0.1, -0.05) is 32.6 Å². The lowest BCUT2D eigenvalue weighted by Crippen LogP contribution is -2.51. The zero-order valence-electron chi connectivity index (χ0n) is 13.7. The van der Waals surface area contributed by atoms with Gasteiger partial charge in [0, 0.05) is 31.0 Å². The highest BCUT2D eigenvalue weighted by molar-refractivity contribution is 5.10. The van der Waals surface area contributed by atoms with Gasteiger partial charge in [-0.25, -0.2) is 0 Å². The molecule has 1 fully saturated rings. The summed E-state index contributed by atoms with van der Waals surface area (Å²) in [7, 11) is 2.24. The summed E-state index contributed by atoms with van der Waals surface area (Å²) in [6.45, 7) is 4.04. The minimum Gasteiger partial charge on any atom is -0.329 e. The number of likely N-dealkylation sites (N-methyl/N-ethyl adjacent to an activating group) is 1. The van der Waals surface area contributed by atoms with E-state index in [1.54, 1.807) is 0 Å². The van der Waals surface area contributed by atoms with Crippen LogP contribution in [0.4, 0.5) is 0 Å². The number of aromatic nitrogens is 1. The van der Waals surface area contributed by atoms with Crippen LogP contribution in [0.1, 0.15) is 57.4 Å². The molecule has 0 spiro atoms. The molecule has 1 heterocycles. The number of nitrogens with two attached hydrogens (primary N) is 1. The summed E-state index contributed by atoms with van der Waals surface area (Å²) in [6, 6.07) is 4.22. The van der Waals surface area contributed by atoms with E-state index in [1.165, 1.54) is 50.5 Å². The predicted molar refractivity (Wildman–Crippen MR) is 89.0 cm³/mol. The van der Waals surface area contributed by atoms with Crippen molar-refractivity contribution in [2.24, 2.45) is 11.7 Å². The van der Waals surface area contributed by atoms with Crippen molar-refractivity contribution in [1.29, 1.82) is 0 Å². The van der Waals surface area contributed by atoms with Gasteiger partial charge in [-0.15, -0.1) is 0 Å². The van der Waals surface area contributed by atoms with Crippen LogP contribution in [-0.4, -0.2) is 29.0 Å². The first-order valence-corrected chi connectivity index (χ1v) is 8.50.